The first-order chi connectivity index (χ1) is 9.22. The van der Waals surface area contributed by atoms with Crippen LogP contribution in [0.5, 0.6) is 0 Å². The summed E-state index contributed by atoms with van der Waals surface area (Å²) in [4.78, 5) is 11.2. The molecule has 0 bridgehead atoms. The van der Waals surface area contributed by atoms with Crippen LogP contribution in [0.4, 0.5) is 10.1 Å². The second kappa shape index (κ2) is 4.31. The molecule has 0 saturated heterocycles. The summed E-state index contributed by atoms with van der Waals surface area (Å²) < 4.78 is 15.2. The molecule has 0 aliphatic heterocycles. The van der Waals surface area contributed by atoms with Crippen molar-refractivity contribution in [2.75, 3.05) is 0 Å². The summed E-state index contributed by atoms with van der Waals surface area (Å²) in [5.74, 6) is -0.373. The second-order valence-corrected chi connectivity index (χ2v) is 4.38. The van der Waals surface area contributed by atoms with Gasteiger partial charge in [0.25, 0.3) is 0 Å². The van der Waals surface area contributed by atoms with Crippen LogP contribution in [-0.2, 0) is 7.05 Å². The molecule has 0 N–H and O–H groups in total. The zero-order valence-corrected chi connectivity index (χ0v) is 10.3. The van der Waals surface area contributed by atoms with Crippen molar-refractivity contribution < 1.29 is 4.39 Å². The van der Waals surface area contributed by atoms with Crippen LogP contribution in [0.1, 0.15) is 0 Å². The Morgan fingerprint density at radius 2 is 1.84 bits per heavy atom. The molecular formula is C15H11FN2O. The standard InChI is InChI=1S/C15H11FN2O/c1-18-13-8-7-11(16)9-12(13)14(17-19)15(18)10-5-3-2-4-6-10/h2-9H,1H3. The zero-order valence-electron chi connectivity index (χ0n) is 10.3. The summed E-state index contributed by atoms with van der Waals surface area (Å²) in [6, 6.07) is 13.9. The number of rotatable bonds is 2. The average molecular weight is 254 g/mol. The molecule has 4 heteroatoms. The van der Waals surface area contributed by atoms with Crippen molar-refractivity contribution in [3.63, 3.8) is 0 Å². The fourth-order valence-electron chi connectivity index (χ4n) is 2.42. The third-order valence-electron chi connectivity index (χ3n) is 3.27. The first-order valence-corrected chi connectivity index (χ1v) is 5.89. The van der Waals surface area contributed by atoms with Gasteiger partial charge in [0.05, 0.1) is 11.2 Å². The normalized spacial score (nSPS) is 10.8. The molecule has 0 spiro atoms. The van der Waals surface area contributed by atoms with E-state index < -0.39 is 0 Å². The van der Waals surface area contributed by atoms with Gasteiger partial charge in [0, 0.05) is 18.0 Å². The third-order valence-corrected chi connectivity index (χ3v) is 3.27. The van der Waals surface area contributed by atoms with Gasteiger partial charge in [-0.1, -0.05) is 30.3 Å². The molecule has 0 unspecified atom stereocenters. The average Bonchev–Trinajstić information content (AvgIpc) is 2.71. The van der Waals surface area contributed by atoms with E-state index in [1.807, 2.05) is 41.9 Å². The van der Waals surface area contributed by atoms with E-state index in [1.165, 1.54) is 12.1 Å². The Labute approximate surface area is 109 Å². The van der Waals surface area contributed by atoms with Gasteiger partial charge in [-0.3, -0.25) is 0 Å². The highest BCUT2D eigenvalue weighted by Gasteiger charge is 2.17. The zero-order chi connectivity index (χ0) is 13.4. The quantitative estimate of drug-likeness (QED) is 0.625. The first kappa shape index (κ1) is 11.6. The van der Waals surface area contributed by atoms with Gasteiger partial charge >= 0.3 is 0 Å². The van der Waals surface area contributed by atoms with Gasteiger partial charge in [-0.15, -0.1) is 4.91 Å². The lowest BCUT2D eigenvalue weighted by molar-refractivity contribution is 0.629. The van der Waals surface area contributed by atoms with E-state index in [4.69, 9.17) is 0 Å². The van der Waals surface area contributed by atoms with Crippen LogP contribution in [0.15, 0.2) is 53.7 Å². The van der Waals surface area contributed by atoms with E-state index in [1.54, 1.807) is 6.07 Å². The minimum absolute atomic E-state index is 0.281. The minimum atomic E-state index is -0.373. The lowest BCUT2D eigenvalue weighted by Crippen LogP contribution is -1.91. The predicted molar refractivity (Wildman–Crippen MR) is 73.8 cm³/mol. The molecule has 3 aromatic rings. The molecule has 0 radical (unpaired) electrons. The number of hydrogen-bond acceptors (Lipinski definition) is 2. The Morgan fingerprint density at radius 1 is 1.11 bits per heavy atom. The molecule has 19 heavy (non-hydrogen) atoms. The third kappa shape index (κ3) is 1.73. The largest absolute Gasteiger partial charge is 0.342 e. The SMILES string of the molecule is Cn1c(-c2ccccc2)c(N=O)c2cc(F)ccc21. The molecule has 0 aliphatic carbocycles. The van der Waals surface area contributed by atoms with Crippen LogP contribution < -0.4 is 0 Å². The fourth-order valence-corrected chi connectivity index (χ4v) is 2.42. The number of halogens is 1. The van der Waals surface area contributed by atoms with E-state index in [0.29, 0.717) is 11.1 Å². The Morgan fingerprint density at radius 3 is 2.53 bits per heavy atom. The number of aromatic nitrogens is 1. The molecule has 3 nitrogen and oxygen atoms in total. The highest BCUT2D eigenvalue weighted by atomic mass is 19.1. The Balaban J connectivity index is 2.42. The minimum Gasteiger partial charge on any atom is -0.342 e. The summed E-state index contributed by atoms with van der Waals surface area (Å²) in [7, 11) is 1.84. The molecule has 94 valence electrons. The highest BCUT2D eigenvalue weighted by Crippen LogP contribution is 2.39. The number of nitroso groups, excluding NO2 is 1. The maximum Gasteiger partial charge on any atom is 0.141 e. The predicted octanol–water partition coefficient (Wildman–Crippen LogP) is 4.38. The van der Waals surface area contributed by atoms with Gasteiger partial charge in [0.1, 0.15) is 11.5 Å². The number of aryl methyl sites for hydroxylation is 1. The van der Waals surface area contributed by atoms with Gasteiger partial charge in [-0.2, -0.15) is 0 Å². The molecule has 0 atom stereocenters. The van der Waals surface area contributed by atoms with Crippen molar-refractivity contribution in [3.05, 3.63) is 59.3 Å². The lowest BCUT2D eigenvalue weighted by atomic mass is 10.1. The molecule has 3 rings (SSSR count). The monoisotopic (exact) mass is 254 g/mol. The summed E-state index contributed by atoms with van der Waals surface area (Å²) in [5.41, 5.74) is 2.66. The van der Waals surface area contributed by atoms with Crippen molar-refractivity contribution >= 4 is 16.6 Å². The van der Waals surface area contributed by atoms with Crippen LogP contribution in [0.25, 0.3) is 22.2 Å². The molecular weight excluding hydrogens is 243 g/mol. The van der Waals surface area contributed by atoms with E-state index in [0.717, 1.165) is 11.1 Å². The maximum absolute atomic E-state index is 13.3. The Bertz CT molecular complexity index is 763. The van der Waals surface area contributed by atoms with Crippen LogP contribution in [0.2, 0.25) is 0 Å². The van der Waals surface area contributed by atoms with Gasteiger partial charge in [0.15, 0.2) is 0 Å². The lowest BCUT2D eigenvalue weighted by Gasteiger charge is -2.04. The van der Waals surface area contributed by atoms with E-state index in [2.05, 4.69) is 5.18 Å². The molecule has 0 saturated carbocycles. The number of fused-ring (bicyclic) bond motifs is 1. The van der Waals surface area contributed by atoms with Crippen molar-refractivity contribution in [3.8, 4) is 11.3 Å². The van der Waals surface area contributed by atoms with Crippen molar-refractivity contribution in [2.24, 2.45) is 12.2 Å². The summed E-state index contributed by atoms with van der Waals surface area (Å²) >= 11 is 0. The van der Waals surface area contributed by atoms with Gasteiger partial charge in [0.2, 0.25) is 0 Å². The Kier molecular flexibility index (Phi) is 2.63. The molecule has 1 aromatic heterocycles. The van der Waals surface area contributed by atoms with Gasteiger partial charge < -0.3 is 4.57 Å². The van der Waals surface area contributed by atoms with Crippen molar-refractivity contribution in [1.29, 1.82) is 0 Å². The maximum atomic E-state index is 13.3. The molecule has 0 fully saturated rings. The van der Waals surface area contributed by atoms with E-state index in [-0.39, 0.29) is 11.5 Å². The van der Waals surface area contributed by atoms with Crippen LogP contribution in [-0.4, -0.2) is 4.57 Å². The summed E-state index contributed by atoms with van der Waals surface area (Å²) in [5, 5.41) is 3.64. The van der Waals surface area contributed by atoms with Gasteiger partial charge in [-0.25, -0.2) is 4.39 Å². The summed E-state index contributed by atoms with van der Waals surface area (Å²) in [6.45, 7) is 0. The smallest absolute Gasteiger partial charge is 0.141 e. The van der Waals surface area contributed by atoms with Gasteiger partial charge in [-0.05, 0) is 23.4 Å². The number of benzene rings is 2. The Hall–Kier alpha value is -2.49. The van der Waals surface area contributed by atoms with Crippen LogP contribution in [0, 0.1) is 10.7 Å². The van der Waals surface area contributed by atoms with E-state index >= 15 is 0 Å². The fraction of sp³-hybridized carbons (Fsp3) is 0.0667. The molecule has 2 aromatic carbocycles. The number of nitrogens with zero attached hydrogens (tertiary/aromatic N) is 2. The number of hydrogen-bond donors (Lipinski definition) is 0. The second-order valence-electron chi connectivity index (χ2n) is 4.38. The van der Waals surface area contributed by atoms with Crippen LogP contribution >= 0.6 is 0 Å². The highest BCUT2D eigenvalue weighted by molar-refractivity contribution is 6.00. The van der Waals surface area contributed by atoms with E-state index in [9.17, 15) is 9.30 Å². The molecule has 0 amide bonds. The topological polar surface area (TPSA) is 34.4 Å². The first-order valence-electron chi connectivity index (χ1n) is 5.89. The van der Waals surface area contributed by atoms with Crippen molar-refractivity contribution in [2.45, 2.75) is 0 Å². The van der Waals surface area contributed by atoms with Crippen LogP contribution in [0.3, 0.4) is 0 Å². The molecule has 0 aliphatic rings. The summed E-state index contributed by atoms with van der Waals surface area (Å²) in [6.07, 6.45) is 0. The van der Waals surface area contributed by atoms with Crippen molar-refractivity contribution in [1.82, 2.24) is 4.57 Å². The molecule has 1 heterocycles.